The van der Waals surface area contributed by atoms with Gasteiger partial charge in [0.1, 0.15) is 16.6 Å². The number of hydrogen-bond acceptors (Lipinski definition) is 8. The summed E-state index contributed by atoms with van der Waals surface area (Å²) in [5.74, 6) is -4.20. The van der Waals surface area contributed by atoms with Gasteiger partial charge in [-0.05, 0) is 25.1 Å². The largest absolute Gasteiger partial charge is 0.454 e. The third-order valence-electron chi connectivity index (χ3n) is 3.98. The Morgan fingerprint density at radius 1 is 1.39 bits per heavy atom. The molecule has 150 valence electrons. The van der Waals surface area contributed by atoms with Crippen LogP contribution in [0.1, 0.15) is 17.3 Å². The molecule has 1 fully saturated rings. The van der Waals surface area contributed by atoms with Crippen LogP contribution in [0.15, 0.2) is 23.1 Å². The van der Waals surface area contributed by atoms with Crippen molar-refractivity contribution in [1.82, 2.24) is 4.31 Å². The Hall–Kier alpha value is -2.68. The van der Waals surface area contributed by atoms with Crippen molar-refractivity contribution in [3.05, 3.63) is 29.6 Å². The third kappa shape index (κ3) is 4.78. The average Bonchev–Trinajstić information content (AvgIpc) is 2.67. The maximum absolute atomic E-state index is 14.1. The zero-order chi connectivity index (χ0) is 20.9. The molecule has 1 unspecified atom stereocenters. The van der Waals surface area contributed by atoms with E-state index in [9.17, 15) is 22.4 Å². The van der Waals surface area contributed by atoms with Crippen LogP contribution >= 0.6 is 0 Å². The van der Waals surface area contributed by atoms with E-state index in [0.29, 0.717) is 0 Å². The summed E-state index contributed by atoms with van der Waals surface area (Å²) >= 11 is 0. The van der Waals surface area contributed by atoms with Crippen molar-refractivity contribution in [1.29, 1.82) is 10.7 Å². The smallest absolute Gasteiger partial charge is 0.338 e. The number of ether oxygens (including phenoxy) is 2. The molecule has 9 nitrogen and oxygen atoms in total. The lowest BCUT2D eigenvalue weighted by Crippen LogP contribution is -2.41. The number of sulfonamides is 1. The summed E-state index contributed by atoms with van der Waals surface area (Å²) in [5.41, 5.74) is -0.453. The van der Waals surface area contributed by atoms with Crippen molar-refractivity contribution in [3.63, 3.8) is 0 Å². The van der Waals surface area contributed by atoms with Crippen LogP contribution in [0.4, 0.5) is 4.39 Å². The maximum Gasteiger partial charge on any atom is 0.338 e. The number of ketones is 1. The van der Waals surface area contributed by atoms with Gasteiger partial charge in [0, 0.05) is 18.8 Å². The molecule has 0 saturated carbocycles. The minimum atomic E-state index is -4.18. The second-order valence-electron chi connectivity index (χ2n) is 5.95. The standard InChI is InChI=1S/C17H18FN3O6S/c1-11(20)13(9-19)15(22)10-27-17(23)12-2-3-14(18)16(8-12)28(24,25)21-4-6-26-7-5-21/h2-3,8,13,20H,4-7,10H2,1H3. The maximum atomic E-state index is 14.1. The van der Waals surface area contributed by atoms with Crippen LogP contribution in [0.25, 0.3) is 0 Å². The van der Waals surface area contributed by atoms with Crippen LogP contribution in [-0.2, 0) is 24.3 Å². The second-order valence-corrected chi connectivity index (χ2v) is 7.86. The molecule has 0 radical (unpaired) electrons. The molecular weight excluding hydrogens is 393 g/mol. The van der Waals surface area contributed by atoms with E-state index in [1.807, 2.05) is 0 Å². The van der Waals surface area contributed by atoms with Crippen molar-refractivity contribution in [2.45, 2.75) is 11.8 Å². The Bertz CT molecular complexity index is 935. The molecular formula is C17H18FN3O6S. The van der Waals surface area contributed by atoms with Crippen LogP contribution in [0, 0.1) is 28.5 Å². The molecule has 1 saturated heterocycles. The quantitative estimate of drug-likeness (QED) is 0.516. The van der Waals surface area contributed by atoms with E-state index in [1.165, 1.54) is 6.92 Å². The minimum absolute atomic E-state index is 0.0590. The first-order chi connectivity index (χ1) is 13.2. The summed E-state index contributed by atoms with van der Waals surface area (Å²) in [5, 5.41) is 16.2. The van der Waals surface area contributed by atoms with Crippen LogP contribution in [0.2, 0.25) is 0 Å². The predicted molar refractivity (Wildman–Crippen MR) is 93.8 cm³/mol. The molecule has 1 atom stereocenters. The molecule has 28 heavy (non-hydrogen) atoms. The summed E-state index contributed by atoms with van der Waals surface area (Å²) in [6, 6.07) is 4.33. The minimum Gasteiger partial charge on any atom is -0.454 e. The normalized spacial score (nSPS) is 16.0. The first kappa shape index (κ1) is 21.6. The van der Waals surface area contributed by atoms with Gasteiger partial charge in [0.2, 0.25) is 10.0 Å². The SMILES string of the molecule is CC(=N)C(C#N)C(=O)COC(=O)c1ccc(F)c(S(=O)(=O)N2CCOCC2)c1. The highest BCUT2D eigenvalue weighted by Crippen LogP contribution is 2.22. The van der Waals surface area contributed by atoms with Crippen molar-refractivity contribution >= 4 is 27.5 Å². The second kappa shape index (κ2) is 9.01. The van der Waals surface area contributed by atoms with Gasteiger partial charge < -0.3 is 14.9 Å². The van der Waals surface area contributed by atoms with E-state index in [0.717, 1.165) is 22.5 Å². The molecule has 1 aliphatic rings. The highest BCUT2D eigenvalue weighted by molar-refractivity contribution is 7.89. The van der Waals surface area contributed by atoms with Crippen molar-refractivity contribution in [2.75, 3.05) is 32.9 Å². The molecule has 11 heteroatoms. The van der Waals surface area contributed by atoms with Gasteiger partial charge in [-0.25, -0.2) is 17.6 Å². The van der Waals surface area contributed by atoms with E-state index in [2.05, 4.69) is 0 Å². The molecule has 0 spiro atoms. The molecule has 1 heterocycles. The molecule has 1 aliphatic heterocycles. The zero-order valence-corrected chi connectivity index (χ0v) is 15.8. The lowest BCUT2D eigenvalue weighted by atomic mass is 10.0. The van der Waals surface area contributed by atoms with Gasteiger partial charge in [-0.3, -0.25) is 4.79 Å². The summed E-state index contributed by atoms with van der Waals surface area (Å²) in [6.07, 6.45) is 0. The lowest BCUT2D eigenvalue weighted by Gasteiger charge is -2.26. The molecule has 0 aliphatic carbocycles. The Morgan fingerprint density at radius 2 is 2.04 bits per heavy atom. The topological polar surface area (TPSA) is 138 Å². The van der Waals surface area contributed by atoms with Crippen molar-refractivity contribution < 1.29 is 31.9 Å². The van der Waals surface area contributed by atoms with E-state index < -0.39 is 45.0 Å². The Balaban J connectivity index is 2.18. The number of Topliss-reactive ketones (excluding diaryl/α,β-unsaturated/α-hetero) is 1. The molecule has 0 amide bonds. The number of hydrogen-bond donors (Lipinski definition) is 1. The predicted octanol–water partition coefficient (Wildman–Crippen LogP) is 0.752. The number of esters is 1. The molecule has 2 rings (SSSR count). The van der Waals surface area contributed by atoms with Gasteiger partial charge in [0.05, 0.1) is 24.8 Å². The van der Waals surface area contributed by atoms with Gasteiger partial charge in [-0.15, -0.1) is 0 Å². The van der Waals surface area contributed by atoms with Gasteiger partial charge >= 0.3 is 5.97 Å². The third-order valence-corrected chi connectivity index (χ3v) is 5.90. The van der Waals surface area contributed by atoms with Gasteiger partial charge in [0.25, 0.3) is 0 Å². The number of rotatable bonds is 7. The van der Waals surface area contributed by atoms with Gasteiger partial charge in [0.15, 0.2) is 12.4 Å². The van der Waals surface area contributed by atoms with E-state index in [-0.39, 0.29) is 37.6 Å². The summed E-state index contributed by atoms with van der Waals surface area (Å²) < 4.78 is 50.3. The summed E-state index contributed by atoms with van der Waals surface area (Å²) in [7, 11) is -4.18. The van der Waals surface area contributed by atoms with Crippen molar-refractivity contribution in [3.8, 4) is 6.07 Å². The van der Waals surface area contributed by atoms with E-state index >= 15 is 0 Å². The van der Waals surface area contributed by atoms with E-state index in [4.69, 9.17) is 20.1 Å². The number of carbonyl (C=O) groups is 2. The number of halogens is 1. The van der Waals surface area contributed by atoms with Gasteiger partial charge in [-0.1, -0.05) is 0 Å². The monoisotopic (exact) mass is 411 g/mol. The molecule has 1 aromatic carbocycles. The Morgan fingerprint density at radius 3 is 2.61 bits per heavy atom. The first-order valence-electron chi connectivity index (χ1n) is 8.20. The van der Waals surface area contributed by atoms with E-state index in [1.54, 1.807) is 6.07 Å². The fourth-order valence-corrected chi connectivity index (χ4v) is 3.97. The van der Waals surface area contributed by atoms with Crippen molar-refractivity contribution in [2.24, 2.45) is 5.92 Å². The number of nitriles is 1. The average molecular weight is 411 g/mol. The number of benzene rings is 1. The van der Waals surface area contributed by atoms with Crippen LogP contribution in [0.5, 0.6) is 0 Å². The number of nitrogens with one attached hydrogen (secondary N) is 1. The molecule has 0 bridgehead atoms. The Kier molecular flexibility index (Phi) is 6.95. The summed E-state index contributed by atoms with van der Waals surface area (Å²) in [4.78, 5) is 23.3. The summed E-state index contributed by atoms with van der Waals surface area (Å²) in [6.45, 7) is 0.980. The number of morpholine rings is 1. The zero-order valence-electron chi connectivity index (χ0n) is 15.0. The molecule has 1 N–H and O–H groups in total. The molecule has 1 aromatic rings. The highest BCUT2D eigenvalue weighted by Gasteiger charge is 2.30. The number of nitrogens with zero attached hydrogens (tertiary/aromatic N) is 2. The van der Waals surface area contributed by atoms with Gasteiger partial charge in [-0.2, -0.15) is 9.57 Å². The van der Waals surface area contributed by atoms with Crippen LogP contribution in [-0.4, -0.2) is 63.1 Å². The van der Waals surface area contributed by atoms with Crippen LogP contribution in [0.3, 0.4) is 0 Å². The van der Waals surface area contributed by atoms with Crippen LogP contribution < -0.4 is 0 Å². The Labute approximate surface area is 161 Å². The fourth-order valence-electron chi connectivity index (χ4n) is 2.47. The lowest BCUT2D eigenvalue weighted by molar-refractivity contribution is -0.122. The fraction of sp³-hybridized carbons (Fsp3) is 0.412. The first-order valence-corrected chi connectivity index (χ1v) is 9.64. The number of carbonyl (C=O) groups excluding carboxylic acids is 2. The highest BCUT2D eigenvalue weighted by atomic mass is 32.2. The molecule has 0 aromatic heterocycles.